The molecule has 0 aromatic heterocycles. The summed E-state index contributed by atoms with van der Waals surface area (Å²) in [5, 5.41) is 52.4. The number of ether oxygens (including phenoxy) is 7. The summed E-state index contributed by atoms with van der Waals surface area (Å²) in [7, 11) is -1.11. The molecular weight excluding hydrogens is 2070 g/mol. The number of phenolic OH excluding ortho intramolecular Hbond substituents is 4. The van der Waals surface area contributed by atoms with Gasteiger partial charge in [-0.15, -0.1) is 0 Å². The predicted octanol–water partition coefficient (Wildman–Crippen LogP) is 30.3. The standard InChI is InChI=1S/2C15H17BrO.C13H11F3O4S.C13H16O3.C12H11BrO.C12H14O3.C12H12O2.C11H9BrO.C11H10O2/c2*1-3-4-9-17-14-10-12-7-5-6-8-13(12)15(16)11(14)2;1-8-11(19-2)7-9-5-3-4-6-10(9)12(8)20-21(17,18)13(14,15)16;1-3-16-13(15)10(2)12(14)9-11-7-5-4-6-8-11;1-8-11(14-2)7-9-5-3-4-6-10(9)12(8)13;1-2-15-12(14)9-11(13)8-10-6-4-3-5-7-10;1-8-11(14-2)7-9-5-3-4-6-10(9)12(8)13;1-7-10(13)6-8-4-2-3-5-9(8)11(7)12;1-7-10(12)6-8-4-2-3-5-9(8)11(7)13/h2*5-8,10H,3-4,9H2,1-2H3;3-7H,1-2H3;4-8,10H,3,9H2,1-2H3;3-7H,1-2H3;3-7H,2,8-9H2,1H3;3-7,13H,1-2H3;2-6,13H,1H3;2-6,12-13H,1H3. The van der Waals surface area contributed by atoms with Crippen molar-refractivity contribution >= 4 is 173 Å². The maximum Gasteiger partial charge on any atom is 0.534 e. The van der Waals surface area contributed by atoms with Crippen LogP contribution in [0.1, 0.15) is 117 Å². The lowest BCUT2D eigenvalue weighted by Gasteiger charge is -2.16. The molecule has 0 fully saturated rings. The van der Waals surface area contributed by atoms with Crippen LogP contribution in [0, 0.1) is 54.4 Å². The molecule has 0 aliphatic carbocycles. The molecule has 1 atom stereocenters. The van der Waals surface area contributed by atoms with Crippen LogP contribution in [0.3, 0.4) is 0 Å². The number of carbonyl (C=O) groups is 4. The Balaban J connectivity index is 0.000000194. The fourth-order valence-electron chi connectivity index (χ4n) is 14.2. The van der Waals surface area contributed by atoms with Gasteiger partial charge in [0.1, 0.15) is 69.9 Å². The zero-order chi connectivity index (χ0) is 103. The van der Waals surface area contributed by atoms with Gasteiger partial charge in [0, 0.05) is 85.8 Å². The Labute approximate surface area is 850 Å². The number of halogens is 7. The Hall–Kier alpha value is -12.7. The van der Waals surface area contributed by atoms with E-state index in [0.717, 1.165) is 140 Å². The van der Waals surface area contributed by atoms with Crippen molar-refractivity contribution in [3.8, 4) is 57.5 Å². The number of aromatic hydroxyl groups is 4. The van der Waals surface area contributed by atoms with Gasteiger partial charge in [-0.25, -0.2) is 0 Å². The molecule has 0 amide bonds. The van der Waals surface area contributed by atoms with Crippen molar-refractivity contribution < 1.29 is 98.5 Å². The first-order valence-corrected chi connectivity index (χ1v) is 49.8. The number of rotatable bonds is 23. The van der Waals surface area contributed by atoms with Crippen molar-refractivity contribution in [3.63, 3.8) is 0 Å². The van der Waals surface area contributed by atoms with Crippen LogP contribution in [-0.4, -0.2) is 106 Å². The molecule has 1 unspecified atom stereocenters. The number of phenols is 4. The number of hydrogen-bond donors (Lipinski definition) is 4. The topological polar surface area (TPSA) is 257 Å². The summed E-state index contributed by atoms with van der Waals surface area (Å²) in [5.74, 6) is 2.64. The van der Waals surface area contributed by atoms with Crippen molar-refractivity contribution in [2.75, 3.05) is 47.8 Å². The fourth-order valence-corrected chi connectivity index (χ4v) is 17.0. The van der Waals surface area contributed by atoms with Gasteiger partial charge in [-0.2, -0.15) is 21.6 Å². The Morgan fingerprint density at radius 2 is 0.664 bits per heavy atom. The number of unbranched alkanes of at least 4 members (excludes halogenated alkanes) is 2. The number of hydrogen-bond acceptors (Lipinski definition) is 18. The summed E-state index contributed by atoms with van der Waals surface area (Å²) in [4.78, 5) is 45.5. The molecule has 18 nitrogen and oxygen atoms in total. The lowest BCUT2D eigenvalue weighted by atomic mass is 10.00. The third kappa shape index (κ3) is 31.4. The minimum absolute atomic E-state index is 0.107. The van der Waals surface area contributed by atoms with E-state index in [4.69, 9.17) is 33.2 Å². The average molecular weight is 2180 g/mol. The molecule has 16 aromatic rings. The van der Waals surface area contributed by atoms with Crippen LogP contribution < -0.4 is 27.9 Å². The van der Waals surface area contributed by atoms with E-state index in [1.54, 1.807) is 78.3 Å². The van der Waals surface area contributed by atoms with E-state index in [2.05, 4.69) is 181 Å². The van der Waals surface area contributed by atoms with E-state index in [9.17, 15) is 61.2 Å². The van der Waals surface area contributed by atoms with Gasteiger partial charge >= 0.3 is 27.6 Å². The van der Waals surface area contributed by atoms with Crippen LogP contribution in [0.5, 0.6) is 57.5 Å². The smallest absolute Gasteiger partial charge is 0.508 e. The van der Waals surface area contributed by atoms with Crippen molar-refractivity contribution in [1.82, 2.24) is 0 Å². The van der Waals surface area contributed by atoms with E-state index in [-0.39, 0.29) is 58.4 Å². The SMILES string of the molecule is CCCCOc1cc2ccccc2c(Br)c1C.CCCCOc1cc2ccccc2c(Br)c1C.CCOC(=O)C(C)C(=O)Cc1ccccc1.CCOC(=O)CC(=O)Cc1ccccc1.COc1cc2ccccc2c(Br)c1C.COc1cc2ccccc2c(O)c1C.COc1cc2ccccc2c(OS(=O)(=O)C(F)(F)F)c1C.Cc1c(O)cc2ccccc2c1Br.Cc1c(O)cc2ccccc2c1O. The summed E-state index contributed by atoms with van der Waals surface area (Å²) in [5.41, 5.74) is 2.22. The van der Waals surface area contributed by atoms with Crippen molar-refractivity contribution in [1.29, 1.82) is 0 Å². The molecule has 0 bridgehead atoms. The minimum Gasteiger partial charge on any atom is -0.508 e. The molecule has 736 valence electrons. The Morgan fingerprint density at radius 3 is 1.05 bits per heavy atom. The number of alkyl halides is 3. The molecule has 0 radical (unpaired) electrons. The van der Waals surface area contributed by atoms with E-state index < -0.39 is 33.5 Å². The number of esters is 2. The summed E-state index contributed by atoms with van der Waals surface area (Å²) in [6, 6.07) is 86.4. The lowest BCUT2D eigenvalue weighted by Crippen LogP contribution is -2.28. The van der Waals surface area contributed by atoms with Crippen LogP contribution in [0.2, 0.25) is 0 Å². The first kappa shape index (κ1) is 113. The average Bonchev–Trinajstić information content (AvgIpc) is 0.770. The molecule has 16 rings (SSSR count). The van der Waals surface area contributed by atoms with Crippen LogP contribution in [0.25, 0.3) is 75.4 Å². The fraction of sp³-hybridized carbons (Fsp3) is 0.246. The van der Waals surface area contributed by atoms with Crippen molar-refractivity contribution in [2.45, 2.75) is 134 Å². The van der Waals surface area contributed by atoms with Gasteiger partial charge in [-0.05, 0) is 259 Å². The Kier molecular flexibility index (Phi) is 44.5. The van der Waals surface area contributed by atoms with Gasteiger partial charge in [-0.1, -0.05) is 257 Å². The molecular formula is C114H117Br4F3O18S. The third-order valence-corrected chi connectivity index (χ3v) is 27.4. The van der Waals surface area contributed by atoms with E-state index in [1.165, 1.54) is 63.5 Å². The van der Waals surface area contributed by atoms with Gasteiger partial charge in [0.2, 0.25) is 0 Å². The van der Waals surface area contributed by atoms with E-state index in [1.807, 2.05) is 166 Å². The zero-order valence-corrected chi connectivity index (χ0v) is 88.1. The second-order valence-corrected chi connectivity index (χ2v) is 36.9. The highest BCUT2D eigenvalue weighted by Crippen LogP contribution is 2.43. The van der Waals surface area contributed by atoms with Crippen LogP contribution >= 0.6 is 63.7 Å². The zero-order valence-electron chi connectivity index (χ0n) is 80.9. The Bertz CT molecular complexity index is 6750. The van der Waals surface area contributed by atoms with Crippen molar-refractivity contribution in [2.24, 2.45) is 5.92 Å². The minimum atomic E-state index is -5.75. The Morgan fingerprint density at radius 1 is 0.364 bits per heavy atom. The highest BCUT2D eigenvalue weighted by atomic mass is 79.9. The van der Waals surface area contributed by atoms with E-state index >= 15 is 0 Å². The highest BCUT2D eigenvalue weighted by molar-refractivity contribution is 9.11. The van der Waals surface area contributed by atoms with Crippen LogP contribution in [0.15, 0.2) is 291 Å². The molecule has 0 spiro atoms. The first-order chi connectivity index (χ1) is 66.9. The number of carbonyl (C=O) groups excluding carboxylic acids is 4. The molecule has 0 aliphatic heterocycles. The number of fused-ring (bicyclic) bond motifs is 7. The molecule has 0 heterocycles. The predicted molar refractivity (Wildman–Crippen MR) is 572 cm³/mol. The van der Waals surface area contributed by atoms with Gasteiger partial charge in [0.05, 0.1) is 47.8 Å². The van der Waals surface area contributed by atoms with Crippen LogP contribution in [-0.2, 0) is 51.6 Å². The van der Waals surface area contributed by atoms with Gasteiger partial charge < -0.3 is 57.8 Å². The molecule has 16 aromatic carbocycles. The monoisotopic (exact) mass is 2180 g/mol. The maximum absolute atomic E-state index is 12.5. The first-order valence-electron chi connectivity index (χ1n) is 45.3. The normalized spacial score (nSPS) is 10.9. The van der Waals surface area contributed by atoms with E-state index in [0.29, 0.717) is 42.1 Å². The summed E-state index contributed by atoms with van der Waals surface area (Å²) >= 11 is 14.4. The summed E-state index contributed by atoms with van der Waals surface area (Å²) in [6.07, 6.45) is 4.96. The number of ketones is 2. The lowest BCUT2D eigenvalue weighted by molar-refractivity contribution is -0.151. The van der Waals surface area contributed by atoms with Gasteiger partial charge in [-0.3, -0.25) is 19.2 Å². The molecule has 140 heavy (non-hydrogen) atoms. The van der Waals surface area contributed by atoms with Crippen molar-refractivity contribution in [3.05, 3.63) is 341 Å². The van der Waals surface area contributed by atoms with Crippen LogP contribution in [0.4, 0.5) is 13.2 Å². The highest BCUT2D eigenvalue weighted by Gasteiger charge is 2.49. The molecule has 4 N–H and O–H groups in total. The third-order valence-electron chi connectivity index (χ3n) is 22.3. The van der Waals surface area contributed by atoms with Gasteiger partial charge in [0.25, 0.3) is 0 Å². The summed E-state index contributed by atoms with van der Waals surface area (Å²) < 4.78 is 105. The number of Topliss-reactive ketones (excluding diaryl/α,β-unsaturated/α-hetero) is 2. The maximum atomic E-state index is 12.5. The summed E-state index contributed by atoms with van der Waals surface area (Å²) in [6.45, 7) is 24.7. The number of methoxy groups -OCH3 is 3. The number of benzene rings is 16. The molecule has 0 saturated heterocycles. The second-order valence-electron chi connectivity index (χ2n) is 32.2. The second kappa shape index (κ2) is 55.3. The van der Waals surface area contributed by atoms with Gasteiger partial charge in [0.15, 0.2) is 11.5 Å². The quantitative estimate of drug-likeness (QED) is 0.0153. The molecule has 0 aliphatic rings. The molecule has 0 saturated carbocycles. The molecule has 26 heteroatoms. The largest absolute Gasteiger partial charge is 0.534 e.